The first-order valence-electron chi connectivity index (χ1n) is 4.63. The van der Waals surface area contributed by atoms with Crippen LogP contribution in [-0.4, -0.2) is 19.2 Å². The molecule has 0 saturated carbocycles. The van der Waals surface area contributed by atoms with Gasteiger partial charge in [0.2, 0.25) is 0 Å². The van der Waals surface area contributed by atoms with Gasteiger partial charge in [-0.05, 0) is 6.07 Å². The second kappa shape index (κ2) is 5.36. The number of hydrogen-bond donors (Lipinski definition) is 1. The predicted octanol–water partition coefficient (Wildman–Crippen LogP) is 1.42. The third-order valence-corrected chi connectivity index (χ3v) is 3.77. The molecule has 1 rings (SSSR count). The van der Waals surface area contributed by atoms with E-state index in [-0.39, 0.29) is 28.5 Å². The molecule has 0 amide bonds. The number of rotatable bonds is 5. The van der Waals surface area contributed by atoms with Gasteiger partial charge in [-0.15, -0.1) is 0 Å². The summed E-state index contributed by atoms with van der Waals surface area (Å²) in [7, 11) is -3.36. The maximum Gasteiger partial charge on any atom is 0.154 e. The summed E-state index contributed by atoms with van der Waals surface area (Å²) in [5.74, 6) is -0.972. The van der Waals surface area contributed by atoms with Crippen LogP contribution in [0.5, 0.6) is 0 Å². The summed E-state index contributed by atoms with van der Waals surface area (Å²) in [5.41, 5.74) is 5.39. The molecule has 0 aromatic heterocycles. The zero-order valence-electron chi connectivity index (χ0n) is 8.52. The molecular formula is C10H12FNO2S2. The molecule has 0 spiro atoms. The Morgan fingerprint density at radius 3 is 2.56 bits per heavy atom. The Morgan fingerprint density at radius 1 is 1.38 bits per heavy atom. The Labute approximate surface area is 99.4 Å². The quantitative estimate of drug-likeness (QED) is 0.814. The fourth-order valence-electron chi connectivity index (χ4n) is 1.18. The molecule has 1 aromatic rings. The highest BCUT2D eigenvalue weighted by Crippen LogP contribution is 2.11. The lowest BCUT2D eigenvalue weighted by Gasteiger charge is -2.04. The lowest BCUT2D eigenvalue weighted by Crippen LogP contribution is -2.17. The molecule has 0 bridgehead atoms. The van der Waals surface area contributed by atoms with Gasteiger partial charge in [-0.3, -0.25) is 0 Å². The number of sulfone groups is 1. The third kappa shape index (κ3) is 4.24. The summed E-state index contributed by atoms with van der Waals surface area (Å²) in [6.07, 6.45) is 0.131. The highest BCUT2D eigenvalue weighted by Gasteiger charge is 2.14. The maximum atomic E-state index is 13.2. The van der Waals surface area contributed by atoms with Crippen molar-refractivity contribution in [3.63, 3.8) is 0 Å². The van der Waals surface area contributed by atoms with Crippen molar-refractivity contribution in [3.05, 3.63) is 35.6 Å². The van der Waals surface area contributed by atoms with Crippen LogP contribution in [0.3, 0.4) is 0 Å². The van der Waals surface area contributed by atoms with E-state index in [9.17, 15) is 12.8 Å². The second-order valence-electron chi connectivity index (χ2n) is 3.40. The van der Waals surface area contributed by atoms with E-state index >= 15 is 0 Å². The Morgan fingerprint density at radius 2 is 2.00 bits per heavy atom. The molecule has 0 aliphatic rings. The predicted molar refractivity (Wildman–Crippen MR) is 65.3 cm³/mol. The van der Waals surface area contributed by atoms with Gasteiger partial charge in [-0.25, -0.2) is 12.8 Å². The molecular weight excluding hydrogens is 249 g/mol. The van der Waals surface area contributed by atoms with E-state index in [1.54, 1.807) is 6.07 Å². The van der Waals surface area contributed by atoms with Crippen LogP contribution >= 0.6 is 12.2 Å². The van der Waals surface area contributed by atoms with E-state index in [1.807, 2.05) is 0 Å². The lowest BCUT2D eigenvalue weighted by atomic mass is 10.2. The third-order valence-electron chi connectivity index (χ3n) is 1.99. The smallest absolute Gasteiger partial charge is 0.154 e. The van der Waals surface area contributed by atoms with Crippen LogP contribution in [0.1, 0.15) is 12.0 Å². The van der Waals surface area contributed by atoms with E-state index in [4.69, 9.17) is 5.73 Å². The molecule has 88 valence electrons. The maximum absolute atomic E-state index is 13.2. The molecule has 6 heteroatoms. The summed E-state index contributed by atoms with van der Waals surface area (Å²) >= 11 is 4.59. The molecule has 16 heavy (non-hydrogen) atoms. The number of thiocarbonyl (C=S) groups is 1. The molecule has 2 N–H and O–H groups in total. The summed E-state index contributed by atoms with van der Waals surface area (Å²) in [5, 5.41) is 0. The number of hydrogen-bond acceptors (Lipinski definition) is 3. The zero-order chi connectivity index (χ0) is 12.2. The fraction of sp³-hybridized carbons (Fsp3) is 0.300. The number of halogens is 1. The first-order valence-corrected chi connectivity index (χ1v) is 6.86. The van der Waals surface area contributed by atoms with Crippen LogP contribution in [0.15, 0.2) is 24.3 Å². The normalized spacial score (nSPS) is 11.3. The SMILES string of the molecule is NC(=S)CCS(=O)(=O)Cc1ccccc1F. The highest BCUT2D eigenvalue weighted by molar-refractivity contribution is 7.90. The topological polar surface area (TPSA) is 60.2 Å². The molecule has 3 nitrogen and oxygen atoms in total. The summed E-state index contributed by atoms with van der Waals surface area (Å²) in [6, 6.07) is 5.80. The van der Waals surface area contributed by atoms with Crippen LogP contribution in [0.2, 0.25) is 0 Å². The molecule has 1 aromatic carbocycles. The molecule has 0 fully saturated rings. The Bertz CT molecular complexity index is 485. The second-order valence-corrected chi connectivity index (χ2v) is 6.11. The monoisotopic (exact) mass is 261 g/mol. The Balaban J connectivity index is 2.73. The minimum Gasteiger partial charge on any atom is -0.393 e. The highest BCUT2D eigenvalue weighted by atomic mass is 32.2. The fourth-order valence-corrected chi connectivity index (χ4v) is 2.80. The van der Waals surface area contributed by atoms with Gasteiger partial charge in [0.1, 0.15) is 5.82 Å². The van der Waals surface area contributed by atoms with Gasteiger partial charge < -0.3 is 5.73 Å². The van der Waals surface area contributed by atoms with Gasteiger partial charge in [0.05, 0.1) is 16.5 Å². The van der Waals surface area contributed by atoms with Gasteiger partial charge in [0.25, 0.3) is 0 Å². The first kappa shape index (κ1) is 13.1. The molecule has 0 atom stereocenters. The molecule has 0 heterocycles. The van der Waals surface area contributed by atoms with E-state index < -0.39 is 15.7 Å². The average molecular weight is 261 g/mol. The Kier molecular flexibility index (Phi) is 4.37. The Hall–Kier alpha value is -1.01. The van der Waals surface area contributed by atoms with Crippen LogP contribution < -0.4 is 5.73 Å². The van der Waals surface area contributed by atoms with E-state index in [0.717, 1.165) is 0 Å². The average Bonchev–Trinajstić information content (AvgIpc) is 2.19. The largest absolute Gasteiger partial charge is 0.393 e. The van der Waals surface area contributed by atoms with Crippen molar-refractivity contribution in [1.29, 1.82) is 0 Å². The van der Waals surface area contributed by atoms with Crippen LogP contribution in [-0.2, 0) is 15.6 Å². The first-order chi connectivity index (χ1) is 7.41. The van der Waals surface area contributed by atoms with Gasteiger partial charge in [-0.2, -0.15) is 0 Å². The van der Waals surface area contributed by atoms with E-state index in [0.29, 0.717) is 0 Å². The van der Waals surface area contributed by atoms with Crippen molar-refractivity contribution >= 4 is 27.0 Å². The van der Waals surface area contributed by atoms with E-state index in [1.165, 1.54) is 18.2 Å². The molecule has 0 aliphatic carbocycles. The number of nitrogens with two attached hydrogens (primary N) is 1. The minimum atomic E-state index is -3.36. The molecule has 0 saturated heterocycles. The van der Waals surface area contributed by atoms with Crippen molar-refractivity contribution in [2.75, 3.05) is 5.75 Å². The van der Waals surface area contributed by atoms with Crippen molar-refractivity contribution in [2.45, 2.75) is 12.2 Å². The van der Waals surface area contributed by atoms with Crippen molar-refractivity contribution in [1.82, 2.24) is 0 Å². The van der Waals surface area contributed by atoms with Crippen molar-refractivity contribution in [2.24, 2.45) is 5.73 Å². The van der Waals surface area contributed by atoms with E-state index in [2.05, 4.69) is 12.2 Å². The van der Waals surface area contributed by atoms with Crippen molar-refractivity contribution < 1.29 is 12.8 Å². The molecule has 0 radical (unpaired) electrons. The summed E-state index contributed by atoms with van der Waals surface area (Å²) in [6.45, 7) is 0. The van der Waals surface area contributed by atoms with Gasteiger partial charge >= 0.3 is 0 Å². The summed E-state index contributed by atoms with van der Waals surface area (Å²) in [4.78, 5) is 0.150. The number of benzene rings is 1. The van der Waals surface area contributed by atoms with Crippen LogP contribution in [0.25, 0.3) is 0 Å². The molecule has 0 aliphatic heterocycles. The standard InChI is InChI=1S/C10H12FNO2S2/c11-9-4-2-1-3-8(9)7-16(13,14)6-5-10(12)15/h1-4H,5-7H2,(H2,12,15). The zero-order valence-corrected chi connectivity index (χ0v) is 10.2. The van der Waals surface area contributed by atoms with Gasteiger partial charge in [0.15, 0.2) is 9.84 Å². The molecule has 0 unspecified atom stereocenters. The van der Waals surface area contributed by atoms with Gasteiger partial charge in [0, 0.05) is 12.0 Å². The van der Waals surface area contributed by atoms with Crippen LogP contribution in [0, 0.1) is 5.82 Å². The van der Waals surface area contributed by atoms with Crippen LogP contribution in [0.4, 0.5) is 4.39 Å². The lowest BCUT2D eigenvalue weighted by molar-refractivity contribution is 0.587. The van der Waals surface area contributed by atoms with Gasteiger partial charge in [-0.1, -0.05) is 30.4 Å². The summed E-state index contributed by atoms with van der Waals surface area (Å²) < 4.78 is 36.4. The minimum absolute atomic E-state index is 0.131. The van der Waals surface area contributed by atoms with Crippen molar-refractivity contribution in [3.8, 4) is 0 Å².